The molecule has 0 nitrogen and oxygen atoms in total. The molecule has 0 saturated carbocycles. The second-order valence-electron chi connectivity index (χ2n) is 3.22. The van der Waals surface area contributed by atoms with E-state index in [2.05, 4.69) is 91.8 Å². The van der Waals surface area contributed by atoms with Crippen LogP contribution in [0.15, 0.2) is 60.7 Å². The molecule has 0 N–H and O–H groups in total. The van der Waals surface area contributed by atoms with Crippen molar-refractivity contribution in [1.29, 1.82) is 0 Å². The molecule has 0 bridgehead atoms. The van der Waals surface area contributed by atoms with Crippen molar-refractivity contribution in [3.63, 3.8) is 0 Å². The van der Waals surface area contributed by atoms with Gasteiger partial charge in [0.1, 0.15) is 0 Å². The predicted octanol–water partition coefficient (Wildman–Crippen LogP) is 1.82. The fraction of sp³-hybridized carbons (Fsp3) is 0. The number of hydrogen-bond donors (Lipinski definition) is 0. The Morgan fingerprint density at radius 3 is 1.25 bits per heavy atom. The van der Waals surface area contributed by atoms with Crippen LogP contribution >= 0.6 is 4.64 Å². The molecule has 16 heavy (non-hydrogen) atoms. The van der Waals surface area contributed by atoms with E-state index in [9.17, 15) is 0 Å². The van der Waals surface area contributed by atoms with Gasteiger partial charge in [-0.3, -0.25) is 0 Å². The zero-order chi connectivity index (χ0) is 10.7. The summed E-state index contributed by atoms with van der Waals surface area (Å²) >= 11 is 6.68. The molecule has 2 rings (SSSR count). The average Bonchev–Trinajstić information content (AvgIpc) is 2.31. The van der Waals surface area contributed by atoms with E-state index in [0.717, 1.165) is 0 Å². The van der Waals surface area contributed by atoms with Gasteiger partial charge in [0.05, 0.1) is 0 Å². The zero-order valence-electron chi connectivity index (χ0n) is 8.42. The van der Waals surface area contributed by atoms with Gasteiger partial charge in [-0.1, -0.05) is 0 Å². The van der Waals surface area contributed by atoms with Gasteiger partial charge in [0.2, 0.25) is 0 Å². The van der Waals surface area contributed by atoms with Gasteiger partial charge in [0.25, 0.3) is 0 Å². The van der Waals surface area contributed by atoms with E-state index in [0.29, 0.717) is 0 Å². The Bertz CT molecular complexity index is 390. The Balaban J connectivity index is 0.00000128. The maximum absolute atomic E-state index is 3.34. The average molecular weight is 495 g/mol. The summed E-state index contributed by atoms with van der Waals surface area (Å²) in [6.45, 7) is 0. The second kappa shape index (κ2) is 7.17. The van der Waals surface area contributed by atoms with Crippen LogP contribution in [-0.2, 0) is 0 Å². The summed E-state index contributed by atoms with van der Waals surface area (Å²) in [6, 6.07) is 21.1. The molecule has 0 spiro atoms. The van der Waals surface area contributed by atoms with Crippen LogP contribution in [0.25, 0.3) is 0 Å². The van der Waals surface area contributed by atoms with E-state index >= 15 is 0 Å². The third kappa shape index (κ3) is 3.74. The van der Waals surface area contributed by atoms with Crippen molar-refractivity contribution >= 4 is 46.4 Å². The monoisotopic (exact) mass is 498 g/mol. The Morgan fingerprint density at radius 1 is 0.625 bits per heavy atom. The molecular formula is C12H10EuPSe2+. The molecule has 0 aromatic heterocycles. The predicted molar refractivity (Wildman–Crippen MR) is 70.6 cm³/mol. The van der Waals surface area contributed by atoms with Crippen molar-refractivity contribution in [2.24, 2.45) is 0 Å². The minimum absolute atomic E-state index is 0. The van der Waals surface area contributed by atoms with Gasteiger partial charge < -0.3 is 0 Å². The molecule has 0 aliphatic rings. The summed E-state index contributed by atoms with van der Waals surface area (Å²) in [7, 11) is 0. The topological polar surface area (TPSA) is 0 Å². The van der Waals surface area contributed by atoms with Crippen molar-refractivity contribution in [2.45, 2.75) is 0 Å². The van der Waals surface area contributed by atoms with Gasteiger partial charge in [-0.2, -0.15) is 0 Å². The molecule has 0 aliphatic carbocycles. The standard InChI is InChI=1S/C12H10PSe2.Eu/c14-13(15,11-7-3-1-4-8-11)12-9-5-2-6-10-12;/h1-10H;/q+1;. The molecule has 0 aliphatic heterocycles. The Labute approximate surface area is 154 Å². The van der Waals surface area contributed by atoms with Crippen LogP contribution in [0.1, 0.15) is 0 Å². The van der Waals surface area contributed by atoms with Crippen LogP contribution in [-0.4, -0.2) is 31.1 Å². The van der Waals surface area contributed by atoms with Crippen LogP contribution in [0, 0.1) is 49.4 Å². The summed E-state index contributed by atoms with van der Waals surface area (Å²) in [6.07, 6.45) is 0. The summed E-state index contributed by atoms with van der Waals surface area (Å²) in [5.74, 6) is 0. The summed E-state index contributed by atoms with van der Waals surface area (Å²) < 4.78 is -1.40. The van der Waals surface area contributed by atoms with Crippen molar-refractivity contribution in [1.82, 2.24) is 0 Å². The molecule has 0 fully saturated rings. The van der Waals surface area contributed by atoms with Gasteiger partial charge >= 0.3 is 107 Å². The minimum atomic E-state index is -1.40. The summed E-state index contributed by atoms with van der Waals surface area (Å²) in [5, 5.41) is 2.72. The SMILES string of the molecule is [Eu].[Se][P+]([Se])(c1ccccc1)c1ccccc1. The molecule has 0 amide bonds. The zero-order valence-corrected chi connectivity index (χ0v) is 15.2. The number of benzene rings is 2. The molecule has 3 radical (unpaired) electrons. The first kappa shape index (κ1) is 15.6. The van der Waals surface area contributed by atoms with Crippen LogP contribution in [0.5, 0.6) is 0 Å². The Morgan fingerprint density at radius 2 is 0.938 bits per heavy atom. The van der Waals surface area contributed by atoms with E-state index in [4.69, 9.17) is 0 Å². The number of rotatable bonds is 2. The van der Waals surface area contributed by atoms with Crippen LogP contribution < -0.4 is 10.6 Å². The van der Waals surface area contributed by atoms with E-state index in [1.165, 1.54) is 10.6 Å². The van der Waals surface area contributed by atoms with Gasteiger partial charge in [0.15, 0.2) is 0 Å². The molecule has 2 aromatic carbocycles. The third-order valence-electron chi connectivity index (χ3n) is 2.19. The fourth-order valence-electron chi connectivity index (χ4n) is 1.40. The first-order valence-electron chi connectivity index (χ1n) is 4.63. The van der Waals surface area contributed by atoms with Gasteiger partial charge in [0, 0.05) is 49.4 Å². The van der Waals surface area contributed by atoms with Gasteiger partial charge in [-0.05, 0) is 0 Å². The number of hydrogen-bond acceptors (Lipinski definition) is 0. The van der Waals surface area contributed by atoms with E-state index in [-0.39, 0.29) is 49.4 Å². The van der Waals surface area contributed by atoms with Crippen molar-refractivity contribution < 1.29 is 49.4 Å². The van der Waals surface area contributed by atoms with E-state index in [1.54, 1.807) is 0 Å². The normalized spacial score (nSPS) is 10.6. The molecule has 2 aromatic rings. The van der Waals surface area contributed by atoms with Crippen LogP contribution in [0.3, 0.4) is 0 Å². The van der Waals surface area contributed by atoms with Gasteiger partial charge in [-0.25, -0.2) is 0 Å². The van der Waals surface area contributed by atoms with Crippen molar-refractivity contribution in [2.75, 3.05) is 0 Å². The Kier molecular flexibility index (Phi) is 6.97. The molecule has 0 heterocycles. The molecule has 4 heteroatoms. The molecule has 0 unspecified atom stereocenters. The van der Waals surface area contributed by atoms with Crippen LogP contribution in [0.2, 0.25) is 0 Å². The quantitative estimate of drug-likeness (QED) is 0.441. The Hall–Kier alpha value is 1.49. The van der Waals surface area contributed by atoms with E-state index < -0.39 is 4.64 Å². The molecule has 81 valence electrons. The van der Waals surface area contributed by atoms with Gasteiger partial charge in [-0.15, -0.1) is 0 Å². The first-order chi connectivity index (χ1) is 7.21. The molecule has 0 atom stereocenters. The third-order valence-corrected chi connectivity index (χ3v) is 9.46. The maximum atomic E-state index is 3.34. The summed E-state index contributed by atoms with van der Waals surface area (Å²) in [4.78, 5) is 0. The summed E-state index contributed by atoms with van der Waals surface area (Å²) in [5.41, 5.74) is 0. The van der Waals surface area contributed by atoms with E-state index in [1.807, 2.05) is 0 Å². The fourth-order valence-corrected chi connectivity index (χ4v) is 5.89. The second-order valence-corrected chi connectivity index (χ2v) is 15.8. The van der Waals surface area contributed by atoms with Crippen molar-refractivity contribution in [3.8, 4) is 0 Å². The molecular weight excluding hydrogens is 485 g/mol. The molecule has 0 saturated heterocycles. The van der Waals surface area contributed by atoms with Crippen LogP contribution in [0.4, 0.5) is 0 Å². The van der Waals surface area contributed by atoms with Crippen molar-refractivity contribution in [3.05, 3.63) is 60.7 Å². The first-order valence-corrected chi connectivity index (χ1v) is 10.9.